The number of anilines is 2. The van der Waals surface area contributed by atoms with Gasteiger partial charge in [-0.05, 0) is 82.4 Å². The summed E-state index contributed by atoms with van der Waals surface area (Å²) < 4.78 is 27.8. The molecular formula is C26H33ClN6O3S. The maximum absolute atomic E-state index is 13.1. The van der Waals surface area contributed by atoms with Gasteiger partial charge in [-0.1, -0.05) is 11.6 Å². The van der Waals surface area contributed by atoms with Crippen molar-refractivity contribution in [3.8, 4) is 0 Å². The second kappa shape index (κ2) is 10.3. The van der Waals surface area contributed by atoms with E-state index in [2.05, 4.69) is 25.5 Å². The average Bonchev–Trinajstić information content (AvgIpc) is 2.83. The van der Waals surface area contributed by atoms with Crippen molar-refractivity contribution in [2.24, 2.45) is 5.92 Å². The van der Waals surface area contributed by atoms with Gasteiger partial charge < -0.3 is 10.6 Å². The van der Waals surface area contributed by atoms with Crippen LogP contribution in [0.4, 0.5) is 11.6 Å². The number of aromatic nitrogens is 3. The van der Waals surface area contributed by atoms with Crippen LogP contribution in [0.1, 0.15) is 38.3 Å². The number of aryl methyl sites for hydroxylation is 1. The van der Waals surface area contributed by atoms with E-state index in [1.807, 2.05) is 20.8 Å². The van der Waals surface area contributed by atoms with Gasteiger partial charge in [0.1, 0.15) is 10.7 Å². The molecule has 0 saturated carbocycles. The minimum Gasteiger partial charge on any atom is -0.324 e. The molecule has 2 aliphatic heterocycles. The van der Waals surface area contributed by atoms with Gasteiger partial charge in [0.15, 0.2) is 9.84 Å². The predicted molar refractivity (Wildman–Crippen MR) is 147 cm³/mol. The predicted octanol–water partition coefficient (Wildman–Crippen LogP) is 3.54. The van der Waals surface area contributed by atoms with Crippen molar-refractivity contribution in [2.45, 2.75) is 50.6 Å². The third kappa shape index (κ3) is 5.38. The Bertz CT molecular complexity index is 1480. The summed E-state index contributed by atoms with van der Waals surface area (Å²) in [6.07, 6.45) is 3.89. The van der Waals surface area contributed by atoms with E-state index < -0.39 is 9.84 Å². The molecule has 0 aliphatic carbocycles. The number of rotatable bonds is 7. The van der Waals surface area contributed by atoms with Gasteiger partial charge in [0.05, 0.1) is 10.6 Å². The monoisotopic (exact) mass is 544 g/mol. The number of nitrogens with one attached hydrogen (secondary N) is 2. The number of sulfone groups is 1. The zero-order valence-corrected chi connectivity index (χ0v) is 22.9. The zero-order chi connectivity index (χ0) is 26.3. The van der Waals surface area contributed by atoms with Gasteiger partial charge in [0.2, 0.25) is 5.95 Å². The molecule has 2 N–H and O–H groups in total. The number of hydrogen-bond donors (Lipinski definition) is 2. The molecule has 2 aliphatic rings. The highest BCUT2D eigenvalue weighted by Crippen LogP contribution is 2.28. The summed E-state index contributed by atoms with van der Waals surface area (Å²) in [7, 11) is -3.39. The summed E-state index contributed by atoms with van der Waals surface area (Å²) in [5.74, 6) is 0.662. The molecule has 0 unspecified atom stereocenters. The summed E-state index contributed by atoms with van der Waals surface area (Å²) in [6, 6.07) is 7.10. The van der Waals surface area contributed by atoms with Crippen LogP contribution in [0.2, 0.25) is 5.02 Å². The first-order valence-corrected chi connectivity index (χ1v) is 14.8. The van der Waals surface area contributed by atoms with Crippen molar-refractivity contribution in [3.63, 3.8) is 0 Å². The first kappa shape index (κ1) is 26.1. The van der Waals surface area contributed by atoms with E-state index in [1.165, 1.54) is 0 Å². The van der Waals surface area contributed by atoms with E-state index in [4.69, 9.17) is 11.6 Å². The third-order valence-electron chi connectivity index (χ3n) is 7.31. The van der Waals surface area contributed by atoms with Crippen molar-refractivity contribution < 1.29 is 8.42 Å². The lowest BCUT2D eigenvalue weighted by Crippen LogP contribution is -2.56. The first-order chi connectivity index (χ1) is 17.6. The highest BCUT2D eigenvalue weighted by atomic mass is 35.5. The Labute approximate surface area is 222 Å². The summed E-state index contributed by atoms with van der Waals surface area (Å²) in [6.45, 7) is 9.44. The molecule has 11 heteroatoms. The van der Waals surface area contributed by atoms with Crippen LogP contribution in [0.3, 0.4) is 0 Å². The number of fused-ring (bicyclic) bond motifs is 1. The van der Waals surface area contributed by atoms with Crippen molar-refractivity contribution in [1.29, 1.82) is 0 Å². The first-order valence-electron chi connectivity index (χ1n) is 12.8. The molecule has 5 rings (SSSR count). The molecule has 3 aromatic rings. The SMILES string of the molecule is Cc1cc(S(=O)(=O)CC2CN(C3CCNCC3)C2)ccc1Nc1ncc2cc(Cl)c(=O)n(C(C)C)c2n1. The van der Waals surface area contributed by atoms with Crippen LogP contribution in [0.25, 0.3) is 11.0 Å². The molecule has 0 bridgehead atoms. The van der Waals surface area contributed by atoms with Gasteiger partial charge >= 0.3 is 0 Å². The van der Waals surface area contributed by atoms with Gasteiger partial charge in [0.25, 0.3) is 5.56 Å². The number of hydrogen-bond acceptors (Lipinski definition) is 8. The topological polar surface area (TPSA) is 109 Å². The number of piperidine rings is 1. The van der Waals surface area contributed by atoms with E-state index >= 15 is 0 Å². The molecule has 2 saturated heterocycles. The Morgan fingerprint density at radius 1 is 1.19 bits per heavy atom. The van der Waals surface area contributed by atoms with Crippen LogP contribution in [-0.4, -0.2) is 65.8 Å². The molecule has 0 radical (unpaired) electrons. The molecule has 2 aromatic heterocycles. The van der Waals surface area contributed by atoms with Gasteiger partial charge in [0, 0.05) is 42.4 Å². The number of pyridine rings is 1. The fourth-order valence-electron chi connectivity index (χ4n) is 5.31. The van der Waals surface area contributed by atoms with E-state index in [0.717, 1.165) is 44.6 Å². The lowest BCUT2D eigenvalue weighted by molar-refractivity contribution is 0.0487. The Morgan fingerprint density at radius 2 is 1.92 bits per heavy atom. The van der Waals surface area contributed by atoms with E-state index in [9.17, 15) is 13.2 Å². The summed E-state index contributed by atoms with van der Waals surface area (Å²) >= 11 is 6.11. The minimum absolute atomic E-state index is 0.124. The Balaban J connectivity index is 1.30. The van der Waals surface area contributed by atoms with Crippen molar-refractivity contribution in [2.75, 3.05) is 37.2 Å². The minimum atomic E-state index is -3.39. The van der Waals surface area contributed by atoms with Crippen LogP contribution < -0.4 is 16.2 Å². The molecule has 9 nitrogen and oxygen atoms in total. The molecule has 0 amide bonds. The Hall–Kier alpha value is -2.53. The average molecular weight is 545 g/mol. The second-order valence-corrected chi connectivity index (χ2v) is 12.9. The largest absolute Gasteiger partial charge is 0.324 e. The van der Waals surface area contributed by atoms with Crippen LogP contribution in [-0.2, 0) is 9.84 Å². The van der Waals surface area contributed by atoms with Crippen LogP contribution in [0.5, 0.6) is 0 Å². The standard InChI is InChI=1S/C26H33ClN6O3S/c1-16(2)33-24-19(11-22(27)25(33)34)12-29-26(31-24)30-23-5-4-21(10-17(23)3)37(35,36)15-18-13-32(14-18)20-6-8-28-9-7-20/h4-5,10-12,16,18,20,28H,6-9,13-15H2,1-3H3,(H,29,30,31). The molecule has 2 fully saturated rings. The number of benzene rings is 1. The normalized spacial score (nSPS) is 17.9. The number of halogens is 1. The summed E-state index contributed by atoms with van der Waals surface area (Å²) in [4.78, 5) is 24.3. The summed E-state index contributed by atoms with van der Waals surface area (Å²) in [5, 5.41) is 7.34. The van der Waals surface area contributed by atoms with Gasteiger partial charge in [-0.25, -0.2) is 13.4 Å². The maximum atomic E-state index is 13.1. The molecule has 4 heterocycles. The molecular weight excluding hydrogens is 512 g/mol. The van der Waals surface area contributed by atoms with Crippen LogP contribution in [0, 0.1) is 12.8 Å². The number of likely N-dealkylation sites (tertiary alicyclic amines) is 1. The lowest BCUT2D eigenvalue weighted by Gasteiger charge is -2.45. The second-order valence-electron chi connectivity index (χ2n) is 10.4. The fraction of sp³-hybridized carbons (Fsp3) is 0.500. The smallest absolute Gasteiger partial charge is 0.271 e. The van der Waals surface area contributed by atoms with Crippen molar-refractivity contribution in [1.82, 2.24) is 24.8 Å². The van der Waals surface area contributed by atoms with Crippen molar-refractivity contribution in [3.05, 3.63) is 51.4 Å². The Morgan fingerprint density at radius 3 is 2.59 bits per heavy atom. The van der Waals surface area contributed by atoms with E-state index in [-0.39, 0.29) is 28.3 Å². The van der Waals surface area contributed by atoms with Gasteiger partial charge in [-0.2, -0.15) is 4.98 Å². The van der Waals surface area contributed by atoms with Crippen LogP contribution in [0.15, 0.2) is 40.2 Å². The molecule has 198 valence electrons. The molecule has 0 spiro atoms. The highest BCUT2D eigenvalue weighted by molar-refractivity contribution is 7.91. The molecule has 0 atom stereocenters. The zero-order valence-electron chi connectivity index (χ0n) is 21.4. The number of nitrogens with zero attached hydrogens (tertiary/aromatic N) is 4. The quantitative estimate of drug-likeness (QED) is 0.465. The Kier molecular flexibility index (Phi) is 7.28. The lowest BCUT2D eigenvalue weighted by atomic mass is 9.95. The van der Waals surface area contributed by atoms with E-state index in [0.29, 0.717) is 33.6 Å². The fourth-order valence-corrected chi connectivity index (χ4v) is 7.17. The summed E-state index contributed by atoms with van der Waals surface area (Å²) in [5.41, 5.74) is 1.65. The van der Waals surface area contributed by atoms with Crippen LogP contribution >= 0.6 is 11.6 Å². The molecule has 37 heavy (non-hydrogen) atoms. The molecule has 1 aromatic carbocycles. The van der Waals surface area contributed by atoms with Gasteiger partial charge in [-0.3, -0.25) is 14.3 Å². The van der Waals surface area contributed by atoms with Crippen molar-refractivity contribution >= 4 is 44.1 Å². The van der Waals surface area contributed by atoms with E-state index in [1.54, 1.807) is 35.0 Å². The highest BCUT2D eigenvalue weighted by Gasteiger charge is 2.35. The third-order valence-corrected chi connectivity index (χ3v) is 9.47. The maximum Gasteiger partial charge on any atom is 0.271 e. The van der Waals surface area contributed by atoms with Gasteiger partial charge in [-0.15, -0.1) is 0 Å².